The van der Waals surface area contributed by atoms with Crippen LogP contribution >= 0.6 is 0 Å². The highest BCUT2D eigenvalue weighted by Gasteiger charge is 2.57. The van der Waals surface area contributed by atoms with Crippen LogP contribution in [0.15, 0.2) is 54.6 Å². The van der Waals surface area contributed by atoms with Gasteiger partial charge in [-0.15, -0.1) is 0 Å². The number of benzene rings is 2. The Kier molecular flexibility index (Phi) is 3.94. The molecule has 0 unspecified atom stereocenters. The molecule has 2 aliphatic rings. The summed E-state index contributed by atoms with van der Waals surface area (Å²) in [5.41, 5.74) is 2.26. The highest BCUT2D eigenvalue weighted by molar-refractivity contribution is 6.02. The summed E-state index contributed by atoms with van der Waals surface area (Å²) in [6.45, 7) is 0.707. The van der Waals surface area contributed by atoms with Crippen LogP contribution in [-0.2, 0) is 31.5 Å². The molecule has 2 aliphatic heterocycles. The third kappa shape index (κ3) is 2.46. The normalized spacial score (nSPS) is 28.0. The van der Waals surface area contributed by atoms with Crippen molar-refractivity contribution in [3.8, 4) is 0 Å². The smallest absolute Gasteiger partial charge is 0.313 e. The van der Waals surface area contributed by atoms with Gasteiger partial charge in [0.15, 0.2) is 11.9 Å². The maximum absolute atomic E-state index is 12.7. The number of carbonyl (C=O) groups excluding carboxylic acids is 1. The molecule has 2 aromatic rings. The maximum atomic E-state index is 12.7. The van der Waals surface area contributed by atoms with Gasteiger partial charge in [-0.05, 0) is 5.56 Å². The van der Waals surface area contributed by atoms with E-state index in [-0.39, 0.29) is 12.4 Å². The standard InChI is InChI=1S/C19H18O5/c1-21-19-15-10-6-5-9-14(15)17(20)18(24-19)16(23-19)12-22-11-13-7-3-2-4-8-13/h2-10,16,18H,11-12H2,1H3/t16-,18-,19+/m0/s1. The lowest BCUT2D eigenvalue weighted by atomic mass is 9.95. The third-order valence-electron chi connectivity index (χ3n) is 4.37. The Morgan fingerprint density at radius 1 is 1.04 bits per heavy atom. The number of carbonyl (C=O) groups is 1. The van der Waals surface area contributed by atoms with Crippen molar-refractivity contribution >= 4 is 5.78 Å². The molecule has 0 aromatic heterocycles. The van der Waals surface area contributed by atoms with Crippen molar-refractivity contribution in [3.05, 3.63) is 71.3 Å². The molecule has 2 aromatic carbocycles. The van der Waals surface area contributed by atoms with Gasteiger partial charge in [-0.2, -0.15) is 0 Å². The number of Topliss-reactive ketones (excluding diaryl/α,β-unsaturated/α-hetero) is 1. The summed E-state index contributed by atoms with van der Waals surface area (Å²) in [5, 5.41) is 0. The van der Waals surface area contributed by atoms with E-state index in [2.05, 4.69) is 0 Å². The molecule has 1 saturated heterocycles. The van der Waals surface area contributed by atoms with Gasteiger partial charge in [0.05, 0.1) is 18.8 Å². The Hall–Kier alpha value is -2.05. The minimum atomic E-state index is -1.32. The molecule has 4 rings (SSSR count). The zero-order valence-electron chi connectivity index (χ0n) is 13.3. The molecule has 3 atom stereocenters. The van der Waals surface area contributed by atoms with Crippen molar-refractivity contribution in [2.24, 2.45) is 0 Å². The first-order chi connectivity index (χ1) is 11.7. The van der Waals surface area contributed by atoms with Gasteiger partial charge in [0.25, 0.3) is 0 Å². The Balaban J connectivity index is 1.51. The molecule has 0 amide bonds. The van der Waals surface area contributed by atoms with E-state index in [1.807, 2.05) is 42.5 Å². The summed E-state index contributed by atoms with van der Waals surface area (Å²) in [4.78, 5) is 12.7. The first-order valence-electron chi connectivity index (χ1n) is 7.90. The van der Waals surface area contributed by atoms with E-state index in [1.165, 1.54) is 7.11 Å². The molecule has 2 bridgehead atoms. The van der Waals surface area contributed by atoms with Gasteiger partial charge in [-0.25, -0.2) is 0 Å². The zero-order valence-corrected chi connectivity index (χ0v) is 13.3. The summed E-state index contributed by atoms with van der Waals surface area (Å²) >= 11 is 0. The Morgan fingerprint density at radius 3 is 2.58 bits per heavy atom. The van der Waals surface area contributed by atoms with Gasteiger partial charge in [0.1, 0.15) is 6.10 Å². The minimum absolute atomic E-state index is 0.0934. The molecular formula is C19H18O5. The van der Waals surface area contributed by atoms with Crippen LogP contribution < -0.4 is 0 Å². The van der Waals surface area contributed by atoms with E-state index in [4.69, 9.17) is 18.9 Å². The van der Waals surface area contributed by atoms with Gasteiger partial charge < -0.3 is 18.9 Å². The van der Waals surface area contributed by atoms with Crippen LogP contribution in [0.5, 0.6) is 0 Å². The van der Waals surface area contributed by atoms with E-state index in [1.54, 1.807) is 12.1 Å². The quantitative estimate of drug-likeness (QED) is 0.845. The van der Waals surface area contributed by atoms with E-state index < -0.39 is 18.2 Å². The van der Waals surface area contributed by atoms with Crippen LogP contribution in [0.3, 0.4) is 0 Å². The monoisotopic (exact) mass is 326 g/mol. The minimum Gasteiger partial charge on any atom is -0.374 e. The SMILES string of the molecule is CO[C@]12O[C@@H](COCc3ccccc3)[C@H](O1)C(=O)c1ccccc12. The van der Waals surface area contributed by atoms with Crippen molar-refractivity contribution in [2.45, 2.75) is 24.8 Å². The number of hydrogen-bond acceptors (Lipinski definition) is 5. The average Bonchev–Trinajstić information content (AvgIpc) is 2.98. The lowest BCUT2D eigenvalue weighted by molar-refractivity contribution is -0.344. The molecule has 2 heterocycles. The van der Waals surface area contributed by atoms with E-state index >= 15 is 0 Å². The molecular weight excluding hydrogens is 308 g/mol. The number of methoxy groups -OCH3 is 1. The molecule has 5 nitrogen and oxygen atoms in total. The third-order valence-corrected chi connectivity index (χ3v) is 4.37. The maximum Gasteiger partial charge on any atom is 0.313 e. The van der Waals surface area contributed by atoms with Crippen molar-refractivity contribution in [1.82, 2.24) is 0 Å². The predicted molar refractivity (Wildman–Crippen MR) is 85.3 cm³/mol. The van der Waals surface area contributed by atoms with Crippen molar-refractivity contribution < 1.29 is 23.7 Å². The molecule has 0 saturated carbocycles. The molecule has 24 heavy (non-hydrogen) atoms. The number of ketones is 1. The van der Waals surface area contributed by atoms with Crippen LogP contribution in [0.2, 0.25) is 0 Å². The highest BCUT2D eigenvalue weighted by atomic mass is 16.9. The average molecular weight is 326 g/mol. The number of rotatable bonds is 5. The number of hydrogen-bond donors (Lipinski definition) is 0. The first kappa shape index (κ1) is 15.5. The largest absolute Gasteiger partial charge is 0.374 e. The predicted octanol–water partition coefficient (Wildman–Crippen LogP) is 2.64. The molecule has 0 radical (unpaired) electrons. The summed E-state index contributed by atoms with van der Waals surface area (Å²) in [6.07, 6.45) is -1.22. The van der Waals surface area contributed by atoms with Gasteiger partial charge >= 0.3 is 5.97 Å². The second-order valence-corrected chi connectivity index (χ2v) is 5.87. The lowest BCUT2D eigenvalue weighted by Crippen LogP contribution is -2.40. The van der Waals surface area contributed by atoms with Crippen molar-refractivity contribution in [2.75, 3.05) is 13.7 Å². The van der Waals surface area contributed by atoms with Crippen molar-refractivity contribution in [3.63, 3.8) is 0 Å². The molecule has 0 N–H and O–H groups in total. The molecule has 5 heteroatoms. The van der Waals surface area contributed by atoms with E-state index in [0.717, 1.165) is 5.56 Å². The zero-order chi connectivity index (χ0) is 16.6. The Labute approximate surface area is 140 Å². The van der Waals surface area contributed by atoms with Gasteiger partial charge in [0, 0.05) is 12.7 Å². The Bertz CT molecular complexity index is 744. The molecule has 0 spiro atoms. The molecule has 1 fully saturated rings. The topological polar surface area (TPSA) is 54.0 Å². The van der Waals surface area contributed by atoms with Crippen LogP contribution in [0.1, 0.15) is 21.5 Å². The summed E-state index contributed by atoms with van der Waals surface area (Å²) in [5.74, 6) is -1.42. The van der Waals surface area contributed by atoms with Crippen LogP contribution in [0.25, 0.3) is 0 Å². The molecule has 124 valence electrons. The summed E-state index contributed by atoms with van der Waals surface area (Å²) in [6, 6.07) is 17.1. The number of fused-ring (bicyclic) bond motifs is 4. The van der Waals surface area contributed by atoms with Gasteiger partial charge in [-0.1, -0.05) is 54.6 Å². The number of ether oxygens (including phenoxy) is 4. The van der Waals surface area contributed by atoms with Crippen LogP contribution in [0, 0.1) is 0 Å². The summed E-state index contributed by atoms with van der Waals surface area (Å²) in [7, 11) is 1.51. The molecule has 0 aliphatic carbocycles. The fourth-order valence-electron chi connectivity index (χ4n) is 3.19. The van der Waals surface area contributed by atoms with Crippen LogP contribution in [0.4, 0.5) is 0 Å². The van der Waals surface area contributed by atoms with Gasteiger partial charge in [-0.3, -0.25) is 4.79 Å². The second-order valence-electron chi connectivity index (χ2n) is 5.87. The van der Waals surface area contributed by atoms with Gasteiger partial charge in [0.2, 0.25) is 0 Å². The van der Waals surface area contributed by atoms with Crippen molar-refractivity contribution in [1.29, 1.82) is 0 Å². The Morgan fingerprint density at radius 2 is 1.79 bits per heavy atom. The second kappa shape index (κ2) is 6.11. The summed E-state index contributed by atoms with van der Waals surface area (Å²) < 4.78 is 23.0. The highest BCUT2D eigenvalue weighted by Crippen LogP contribution is 2.45. The lowest BCUT2D eigenvalue weighted by Gasteiger charge is -2.30. The first-order valence-corrected chi connectivity index (χ1v) is 7.90. The fourth-order valence-corrected chi connectivity index (χ4v) is 3.19. The van der Waals surface area contributed by atoms with E-state index in [0.29, 0.717) is 17.7 Å². The fraction of sp³-hybridized carbons (Fsp3) is 0.316. The van der Waals surface area contributed by atoms with E-state index in [9.17, 15) is 4.79 Å². The van der Waals surface area contributed by atoms with Crippen LogP contribution in [-0.4, -0.2) is 31.7 Å².